The van der Waals surface area contributed by atoms with Crippen molar-refractivity contribution in [1.82, 2.24) is 9.78 Å². The maximum atomic E-state index is 5.81. The first kappa shape index (κ1) is 12.0. The van der Waals surface area contributed by atoms with Crippen molar-refractivity contribution >= 4 is 5.82 Å². The molecule has 0 amide bonds. The van der Waals surface area contributed by atoms with Gasteiger partial charge in [-0.25, -0.2) is 0 Å². The molecule has 0 saturated carbocycles. The molecule has 1 aromatic heterocycles. The molecule has 0 aliphatic carbocycles. The van der Waals surface area contributed by atoms with Crippen LogP contribution in [0.2, 0.25) is 0 Å². The minimum atomic E-state index is 0.0713. The molecule has 0 aromatic carbocycles. The van der Waals surface area contributed by atoms with Crippen LogP contribution in [0.1, 0.15) is 13.8 Å². The summed E-state index contributed by atoms with van der Waals surface area (Å²) >= 11 is 0. The van der Waals surface area contributed by atoms with E-state index in [0.29, 0.717) is 0 Å². The highest BCUT2D eigenvalue weighted by molar-refractivity contribution is 5.39. The first-order valence-corrected chi connectivity index (χ1v) is 5.42. The summed E-state index contributed by atoms with van der Waals surface area (Å²) in [5, 5.41) is 4.29. The maximum Gasteiger partial charge on any atom is 0.150 e. The third kappa shape index (κ3) is 2.70. The summed E-state index contributed by atoms with van der Waals surface area (Å²) in [4.78, 5) is 2.12. The number of nitrogens with two attached hydrogens (primary N) is 2. The molecule has 1 saturated heterocycles. The van der Waals surface area contributed by atoms with Crippen LogP contribution >= 0.6 is 0 Å². The quantitative estimate of drug-likeness (QED) is 0.681. The topological polar surface area (TPSA) is 73.1 Å². The molecule has 1 aromatic rings. The van der Waals surface area contributed by atoms with Gasteiger partial charge in [0.05, 0.1) is 0 Å². The van der Waals surface area contributed by atoms with Crippen molar-refractivity contribution in [3.8, 4) is 0 Å². The van der Waals surface area contributed by atoms with Gasteiger partial charge in [-0.2, -0.15) is 5.10 Å². The van der Waals surface area contributed by atoms with Gasteiger partial charge in [-0.1, -0.05) is 13.8 Å². The molecule has 5 heteroatoms. The van der Waals surface area contributed by atoms with E-state index >= 15 is 0 Å². The molecule has 5 nitrogen and oxygen atoms in total. The molecule has 2 atom stereocenters. The van der Waals surface area contributed by atoms with E-state index in [0.717, 1.165) is 18.9 Å². The van der Waals surface area contributed by atoms with E-state index in [1.165, 1.54) is 0 Å². The number of hydrogen-bond acceptors (Lipinski definition) is 4. The molecule has 0 spiro atoms. The van der Waals surface area contributed by atoms with E-state index in [-0.39, 0.29) is 12.1 Å². The van der Waals surface area contributed by atoms with Crippen molar-refractivity contribution in [3.63, 3.8) is 0 Å². The standard InChI is InChI=1S/C8H15N5.C2H6/c1-12-3-2-8(11-12)13-4-6(9)7(10)5-13;1-2/h2-3,6-7H,4-5,9-10H2,1H3;1-2H3. The van der Waals surface area contributed by atoms with Crippen molar-refractivity contribution in [2.24, 2.45) is 18.5 Å². The predicted molar refractivity (Wildman–Crippen MR) is 62.7 cm³/mol. The van der Waals surface area contributed by atoms with Crippen molar-refractivity contribution in [3.05, 3.63) is 12.3 Å². The number of anilines is 1. The fraction of sp³-hybridized carbons (Fsp3) is 0.700. The molecule has 1 aliphatic heterocycles. The zero-order valence-electron chi connectivity index (χ0n) is 9.72. The van der Waals surface area contributed by atoms with E-state index < -0.39 is 0 Å². The molecule has 86 valence electrons. The first-order chi connectivity index (χ1) is 7.16. The second-order valence-corrected chi connectivity index (χ2v) is 3.58. The van der Waals surface area contributed by atoms with Gasteiger partial charge in [0.15, 0.2) is 5.82 Å². The molecular weight excluding hydrogens is 190 g/mol. The summed E-state index contributed by atoms with van der Waals surface area (Å²) < 4.78 is 1.78. The molecule has 15 heavy (non-hydrogen) atoms. The van der Waals surface area contributed by atoms with Crippen molar-refractivity contribution in [2.45, 2.75) is 25.9 Å². The number of hydrogen-bond donors (Lipinski definition) is 2. The molecule has 4 N–H and O–H groups in total. The van der Waals surface area contributed by atoms with Gasteiger partial charge in [-0.3, -0.25) is 4.68 Å². The Morgan fingerprint density at radius 1 is 1.27 bits per heavy atom. The van der Waals surface area contributed by atoms with Crippen LogP contribution in [-0.4, -0.2) is 35.0 Å². The Bertz CT molecular complexity index is 286. The van der Waals surface area contributed by atoms with Gasteiger partial charge in [0.2, 0.25) is 0 Å². The SMILES string of the molecule is CC.Cn1ccc(N2CC(N)C(N)C2)n1. The lowest BCUT2D eigenvalue weighted by atomic mass is 10.2. The van der Waals surface area contributed by atoms with Crippen LogP contribution in [0.3, 0.4) is 0 Å². The lowest BCUT2D eigenvalue weighted by Crippen LogP contribution is -2.39. The van der Waals surface area contributed by atoms with Crippen LogP contribution in [-0.2, 0) is 7.05 Å². The van der Waals surface area contributed by atoms with Crippen LogP contribution in [0, 0.1) is 0 Å². The molecule has 0 radical (unpaired) electrons. The highest BCUT2D eigenvalue weighted by Gasteiger charge is 2.28. The first-order valence-electron chi connectivity index (χ1n) is 5.42. The summed E-state index contributed by atoms with van der Waals surface area (Å²) in [6.45, 7) is 5.61. The number of rotatable bonds is 1. The minimum Gasteiger partial charge on any atom is -0.352 e. The van der Waals surface area contributed by atoms with Gasteiger partial charge < -0.3 is 16.4 Å². The molecular formula is C10H21N5. The smallest absolute Gasteiger partial charge is 0.150 e. The number of nitrogens with zero attached hydrogens (tertiary/aromatic N) is 3. The number of aryl methyl sites for hydroxylation is 1. The van der Waals surface area contributed by atoms with E-state index in [9.17, 15) is 0 Å². The summed E-state index contributed by atoms with van der Waals surface area (Å²) in [7, 11) is 1.90. The third-order valence-electron chi connectivity index (χ3n) is 2.44. The largest absolute Gasteiger partial charge is 0.352 e. The highest BCUT2D eigenvalue weighted by Crippen LogP contribution is 2.15. The van der Waals surface area contributed by atoms with Crippen molar-refractivity contribution in [2.75, 3.05) is 18.0 Å². The summed E-state index contributed by atoms with van der Waals surface area (Å²) in [5.74, 6) is 0.964. The fourth-order valence-corrected chi connectivity index (χ4v) is 1.61. The summed E-state index contributed by atoms with van der Waals surface area (Å²) in [6, 6.07) is 2.12. The van der Waals surface area contributed by atoms with Gasteiger partial charge in [-0.15, -0.1) is 0 Å². The van der Waals surface area contributed by atoms with Crippen LogP contribution in [0.25, 0.3) is 0 Å². The molecule has 1 aliphatic rings. The molecule has 0 bridgehead atoms. The Hall–Kier alpha value is -1.07. The average Bonchev–Trinajstić information content (AvgIpc) is 2.78. The molecule has 1 fully saturated rings. The fourth-order valence-electron chi connectivity index (χ4n) is 1.61. The normalized spacial score (nSPS) is 25.0. The van der Waals surface area contributed by atoms with Crippen LogP contribution in [0.4, 0.5) is 5.82 Å². The zero-order valence-corrected chi connectivity index (χ0v) is 9.72. The van der Waals surface area contributed by atoms with Crippen molar-refractivity contribution in [1.29, 1.82) is 0 Å². The summed E-state index contributed by atoms with van der Waals surface area (Å²) in [6.07, 6.45) is 1.92. The van der Waals surface area contributed by atoms with E-state index in [2.05, 4.69) is 10.00 Å². The van der Waals surface area contributed by atoms with Gasteiger partial charge >= 0.3 is 0 Å². The van der Waals surface area contributed by atoms with E-state index in [1.54, 1.807) is 4.68 Å². The Morgan fingerprint density at radius 3 is 2.20 bits per heavy atom. The van der Waals surface area contributed by atoms with Crippen molar-refractivity contribution < 1.29 is 0 Å². The molecule has 2 unspecified atom stereocenters. The summed E-state index contributed by atoms with van der Waals surface area (Å²) in [5.41, 5.74) is 11.6. The van der Waals surface area contributed by atoms with E-state index in [1.807, 2.05) is 33.2 Å². The van der Waals surface area contributed by atoms with Crippen LogP contribution < -0.4 is 16.4 Å². The van der Waals surface area contributed by atoms with Gasteiger partial charge in [0, 0.05) is 44.5 Å². The second kappa shape index (κ2) is 5.14. The van der Waals surface area contributed by atoms with E-state index in [4.69, 9.17) is 11.5 Å². The Morgan fingerprint density at radius 2 is 1.80 bits per heavy atom. The maximum absolute atomic E-state index is 5.81. The Balaban J connectivity index is 0.000000531. The predicted octanol–water partition coefficient (Wildman–Crippen LogP) is -0.0791. The third-order valence-corrected chi connectivity index (χ3v) is 2.44. The van der Waals surface area contributed by atoms with Gasteiger partial charge in [-0.05, 0) is 0 Å². The lowest BCUT2D eigenvalue weighted by Gasteiger charge is -2.13. The zero-order chi connectivity index (χ0) is 11.4. The number of aromatic nitrogens is 2. The van der Waals surface area contributed by atoms with Crippen LogP contribution in [0.15, 0.2) is 12.3 Å². The average molecular weight is 211 g/mol. The Kier molecular flexibility index (Phi) is 4.11. The highest BCUT2D eigenvalue weighted by atomic mass is 15.3. The molecule has 2 heterocycles. The van der Waals surface area contributed by atoms with Gasteiger partial charge in [0.25, 0.3) is 0 Å². The monoisotopic (exact) mass is 211 g/mol. The molecule has 2 rings (SSSR count). The Labute approximate surface area is 91.0 Å². The van der Waals surface area contributed by atoms with Gasteiger partial charge in [0.1, 0.15) is 0 Å². The van der Waals surface area contributed by atoms with Crippen LogP contribution in [0.5, 0.6) is 0 Å². The minimum absolute atomic E-state index is 0.0713. The second-order valence-electron chi connectivity index (χ2n) is 3.58. The lowest BCUT2D eigenvalue weighted by molar-refractivity contribution is 0.642.